The summed E-state index contributed by atoms with van der Waals surface area (Å²) in [5.74, 6) is -0.163. The predicted molar refractivity (Wildman–Crippen MR) is 308 cm³/mol. The zero-order chi connectivity index (χ0) is 53.6. The third-order valence-corrected chi connectivity index (χ3v) is 14.5. The molecule has 77 heavy (non-hydrogen) atoms. The van der Waals surface area contributed by atoms with Crippen LogP contribution in [-0.4, -0.2) is 106 Å². The Hall–Kier alpha value is -8.12. The van der Waals surface area contributed by atoms with Gasteiger partial charge in [-0.15, -0.1) is 22.1 Å². The molecule has 12 nitrogen and oxygen atoms in total. The van der Waals surface area contributed by atoms with E-state index in [4.69, 9.17) is 19.9 Å². The molecule has 7 aromatic rings. The second-order valence-corrected chi connectivity index (χ2v) is 18.6. The van der Waals surface area contributed by atoms with E-state index in [-0.39, 0.29) is 40.7 Å². The van der Waals surface area contributed by atoms with Crippen molar-refractivity contribution in [3.63, 3.8) is 0 Å². The molecular formula is C64H64CuN8O4. The van der Waals surface area contributed by atoms with Gasteiger partial charge in [-0.05, 0) is 173 Å². The van der Waals surface area contributed by atoms with Crippen LogP contribution < -0.4 is 9.97 Å². The number of hydrogen-bond acceptors (Lipinski definition) is 6. The molecule has 4 amide bonds. The van der Waals surface area contributed by atoms with Crippen LogP contribution in [0, 0.1) is 0 Å². The van der Waals surface area contributed by atoms with E-state index in [9.17, 15) is 19.2 Å². The van der Waals surface area contributed by atoms with Crippen LogP contribution in [0.4, 0.5) is 0 Å². The molecule has 4 aromatic carbocycles. The van der Waals surface area contributed by atoms with E-state index in [1.807, 2.05) is 201 Å². The van der Waals surface area contributed by atoms with E-state index in [0.717, 1.165) is 44.5 Å². The molecule has 0 saturated carbocycles. The van der Waals surface area contributed by atoms with Crippen molar-refractivity contribution in [2.24, 2.45) is 0 Å². The Morgan fingerprint density at radius 3 is 0.662 bits per heavy atom. The Kier molecular flexibility index (Phi) is 17.4. The first-order valence-corrected chi connectivity index (χ1v) is 26.6. The van der Waals surface area contributed by atoms with Crippen molar-refractivity contribution in [3.05, 3.63) is 166 Å². The van der Waals surface area contributed by atoms with Crippen molar-refractivity contribution in [2.75, 3.05) is 52.4 Å². The molecule has 13 heteroatoms. The van der Waals surface area contributed by atoms with Crippen LogP contribution in [0.1, 0.15) is 120 Å². The van der Waals surface area contributed by atoms with Crippen molar-refractivity contribution < 1.29 is 36.2 Å². The second-order valence-electron chi connectivity index (χ2n) is 18.6. The van der Waals surface area contributed by atoms with Crippen molar-refractivity contribution in [1.29, 1.82) is 0 Å². The number of aromatic nitrogens is 4. The summed E-state index contributed by atoms with van der Waals surface area (Å²) in [6, 6.07) is 38.5. The number of amides is 4. The molecule has 5 heterocycles. The molecule has 2 aliphatic rings. The molecule has 0 spiro atoms. The fourth-order valence-electron chi connectivity index (χ4n) is 10.2. The van der Waals surface area contributed by atoms with Crippen LogP contribution in [0.25, 0.3) is 90.9 Å². The van der Waals surface area contributed by atoms with Crippen LogP contribution in [0.15, 0.2) is 121 Å². The van der Waals surface area contributed by atoms with Gasteiger partial charge in [0.1, 0.15) is 0 Å². The van der Waals surface area contributed by atoms with Crippen LogP contribution >= 0.6 is 0 Å². The van der Waals surface area contributed by atoms with Crippen LogP contribution in [0.5, 0.6) is 0 Å². The average molecular weight is 1070 g/mol. The summed E-state index contributed by atoms with van der Waals surface area (Å²) in [6.45, 7) is 20.6. The van der Waals surface area contributed by atoms with Gasteiger partial charge in [0.05, 0.1) is 22.8 Å². The maximum absolute atomic E-state index is 13.6. The molecule has 8 bridgehead atoms. The van der Waals surface area contributed by atoms with Gasteiger partial charge < -0.3 is 29.6 Å². The summed E-state index contributed by atoms with van der Waals surface area (Å²) in [6.07, 6.45) is 7.97. The molecule has 0 fully saturated rings. The minimum absolute atomic E-state index is 0. The minimum atomic E-state index is -0.0407. The Balaban J connectivity index is 0.00000784. The van der Waals surface area contributed by atoms with E-state index in [1.165, 1.54) is 0 Å². The smallest absolute Gasteiger partial charge is 0.657 e. The summed E-state index contributed by atoms with van der Waals surface area (Å²) in [5.41, 5.74) is 13.9. The number of benzene rings is 4. The van der Waals surface area contributed by atoms with E-state index in [2.05, 4.69) is 0 Å². The minimum Gasteiger partial charge on any atom is -0.657 e. The predicted octanol–water partition coefficient (Wildman–Crippen LogP) is 12.5. The van der Waals surface area contributed by atoms with E-state index >= 15 is 0 Å². The van der Waals surface area contributed by atoms with E-state index in [1.54, 1.807) is 19.6 Å². The molecule has 3 aromatic heterocycles. The SMILES string of the molecule is CCN(CC)C(=O)c1ccc(-c2c3nc(c(-c4ccc(C(=O)N(CC)CC)cc4)c4ccc([n-]4)c(-c4ccc(C(=O)N(CC)CC)cc4)c4nc(c(-c5ccc(C(=O)N(CC)CC)cc5)c5ccc2[n-]5)C=C4)C=C3)cc1.[Cu+2]. The zero-order valence-corrected chi connectivity index (χ0v) is 46.0. The molecule has 0 unspecified atom stereocenters. The third-order valence-electron chi connectivity index (χ3n) is 14.5. The molecule has 0 atom stereocenters. The average Bonchev–Trinajstić information content (AvgIpc) is 4.32. The van der Waals surface area contributed by atoms with Crippen molar-refractivity contribution in [3.8, 4) is 44.5 Å². The number of fused-ring (bicyclic) bond motifs is 8. The van der Waals surface area contributed by atoms with Gasteiger partial charge in [0.2, 0.25) is 0 Å². The first-order valence-electron chi connectivity index (χ1n) is 26.6. The largest absolute Gasteiger partial charge is 2.00 e. The third kappa shape index (κ3) is 11.0. The maximum atomic E-state index is 13.6. The van der Waals surface area contributed by atoms with Gasteiger partial charge in [0, 0.05) is 74.6 Å². The van der Waals surface area contributed by atoms with Crippen LogP contribution in [0.3, 0.4) is 0 Å². The molecular weight excluding hydrogens is 1010 g/mol. The molecule has 395 valence electrons. The number of carbonyl (C=O) groups is 4. The number of nitrogens with zero attached hydrogens (tertiary/aromatic N) is 8. The van der Waals surface area contributed by atoms with E-state index < -0.39 is 0 Å². The molecule has 9 rings (SSSR count). The number of rotatable bonds is 16. The monoisotopic (exact) mass is 1070 g/mol. The maximum Gasteiger partial charge on any atom is 2.00 e. The number of carbonyl (C=O) groups excluding carboxylic acids is 4. The van der Waals surface area contributed by atoms with Gasteiger partial charge in [-0.1, -0.05) is 72.8 Å². The summed E-state index contributed by atoms with van der Waals surface area (Å²) in [5, 5.41) is 0. The summed E-state index contributed by atoms with van der Waals surface area (Å²) < 4.78 is 0. The van der Waals surface area contributed by atoms with Gasteiger partial charge in [0.25, 0.3) is 23.6 Å². The van der Waals surface area contributed by atoms with E-state index in [0.29, 0.717) is 119 Å². The fourth-order valence-corrected chi connectivity index (χ4v) is 10.2. The van der Waals surface area contributed by atoms with Gasteiger partial charge in [-0.3, -0.25) is 19.2 Å². The summed E-state index contributed by atoms with van der Waals surface area (Å²) in [4.78, 5) is 83.1. The quantitative estimate of drug-likeness (QED) is 0.0873. The molecule has 0 aliphatic carbocycles. The van der Waals surface area contributed by atoms with Gasteiger partial charge in [-0.2, -0.15) is 0 Å². The molecule has 1 radical (unpaired) electrons. The van der Waals surface area contributed by atoms with Crippen molar-refractivity contribution in [2.45, 2.75) is 55.4 Å². The second kappa shape index (κ2) is 24.3. The Bertz CT molecular complexity index is 3080. The van der Waals surface area contributed by atoms with Gasteiger partial charge in [-0.25, -0.2) is 9.97 Å². The van der Waals surface area contributed by atoms with Crippen molar-refractivity contribution >= 4 is 70.0 Å². The van der Waals surface area contributed by atoms with Crippen LogP contribution in [-0.2, 0) is 17.1 Å². The first-order chi connectivity index (χ1) is 37.0. The van der Waals surface area contributed by atoms with Crippen molar-refractivity contribution in [1.82, 2.24) is 39.5 Å². The molecule has 0 saturated heterocycles. The van der Waals surface area contributed by atoms with Gasteiger partial charge >= 0.3 is 17.1 Å². The fraction of sp³-hybridized carbons (Fsp3) is 0.250. The molecule has 2 aliphatic heterocycles. The summed E-state index contributed by atoms with van der Waals surface area (Å²) in [7, 11) is 0. The van der Waals surface area contributed by atoms with Gasteiger partial charge in [0.15, 0.2) is 0 Å². The van der Waals surface area contributed by atoms with Crippen LogP contribution in [0.2, 0.25) is 0 Å². The molecule has 0 N–H and O–H groups in total. The normalized spacial score (nSPS) is 11.5. The Morgan fingerprint density at radius 1 is 0.312 bits per heavy atom. The number of hydrogen-bond donors (Lipinski definition) is 0. The summed E-state index contributed by atoms with van der Waals surface area (Å²) >= 11 is 0. The Labute approximate surface area is 462 Å². The Morgan fingerprint density at radius 2 is 0.494 bits per heavy atom. The topological polar surface area (TPSA) is 135 Å². The zero-order valence-electron chi connectivity index (χ0n) is 45.0. The first kappa shape index (κ1) is 55.1. The standard InChI is InChI=1S/C64H65N8O4.Cu/c1-9-69(10-2)61(73)45-25-17-41(18-26-45)57-49-33-35-51(65-49)58(42-19-27-46(28-20-42)62(74)70(11-3)12-4)53-37-39-55(67-53)60(44-23-31-48(32-24-44)64(76)72(15-7)16-8)56-40-38-54(68-56)59(52-36-34-50(57)66-52)43-21-29-47(30-22-43)63(75)71(13-5)14-6;/h17-40H,9-16H2,1-8H3,(H-,65,66,67,68,73,74,75,76);/q-1;+2/p-1.